The minimum atomic E-state index is -1.50. The molecule has 0 amide bonds. The highest BCUT2D eigenvalue weighted by Gasteiger charge is 2.44. The van der Waals surface area contributed by atoms with Gasteiger partial charge in [0.1, 0.15) is 11.1 Å². The lowest BCUT2D eigenvalue weighted by Gasteiger charge is -2.19. The molecule has 0 spiro atoms. The Morgan fingerprint density at radius 2 is 1.59 bits per heavy atom. The van der Waals surface area contributed by atoms with Crippen LogP contribution in [0.4, 0.5) is 0 Å². The molecule has 0 unspecified atom stereocenters. The molecule has 1 aromatic rings. The molecule has 0 radical (unpaired) electrons. The van der Waals surface area contributed by atoms with Crippen LogP contribution in [0.3, 0.4) is 0 Å². The maximum absolute atomic E-state index is 10.8. The highest BCUT2D eigenvalue weighted by atomic mass is 16.4. The van der Waals surface area contributed by atoms with Gasteiger partial charge < -0.3 is 31.9 Å². The first-order valence-electron chi connectivity index (χ1n) is 7.92. The summed E-state index contributed by atoms with van der Waals surface area (Å²) in [5.41, 5.74) is 8.67. The summed E-state index contributed by atoms with van der Waals surface area (Å²) in [6.45, 7) is 1.35. The average Bonchev–Trinajstić information content (AvgIpc) is 2.99. The van der Waals surface area contributed by atoms with E-state index in [1.165, 1.54) is 31.2 Å². The average molecular weight is 382 g/mol. The van der Waals surface area contributed by atoms with Gasteiger partial charge in [0.05, 0.1) is 11.5 Å². The molecule has 1 saturated carbocycles. The zero-order chi connectivity index (χ0) is 21.0. The summed E-state index contributed by atoms with van der Waals surface area (Å²) in [6.07, 6.45) is 0.648. The minimum Gasteiger partial charge on any atom is -0.481 e. The lowest BCUT2D eigenvalue weighted by Crippen LogP contribution is -2.45. The second-order valence-corrected chi connectivity index (χ2v) is 6.63. The maximum Gasteiger partial charge on any atom is 0.335 e. The number of hydrogen-bond acceptors (Lipinski definition) is 6. The molecule has 1 aliphatic rings. The third-order valence-electron chi connectivity index (χ3n) is 4.50. The van der Waals surface area contributed by atoms with E-state index in [2.05, 4.69) is 0 Å². The lowest BCUT2D eigenvalue weighted by molar-refractivity contribution is -0.145. The molecule has 0 heterocycles. The Morgan fingerprint density at radius 3 is 1.89 bits per heavy atom. The molecule has 0 saturated heterocycles. The van der Waals surface area contributed by atoms with Crippen molar-refractivity contribution >= 4 is 23.9 Å². The van der Waals surface area contributed by atoms with Crippen molar-refractivity contribution in [2.75, 3.05) is 0 Å². The molecule has 27 heavy (non-hydrogen) atoms. The zero-order valence-corrected chi connectivity index (χ0v) is 14.6. The van der Waals surface area contributed by atoms with Crippen molar-refractivity contribution in [1.29, 1.82) is 0 Å². The van der Waals surface area contributed by atoms with E-state index in [4.69, 9.17) is 31.9 Å². The smallest absolute Gasteiger partial charge is 0.335 e. The van der Waals surface area contributed by atoms with Gasteiger partial charge in [0, 0.05) is 0 Å². The number of aromatic carboxylic acids is 1. The summed E-state index contributed by atoms with van der Waals surface area (Å²) in [5.74, 6) is -4.87. The summed E-state index contributed by atoms with van der Waals surface area (Å²) in [5, 5.41) is 34.7. The highest BCUT2D eigenvalue weighted by molar-refractivity contribution is 5.88. The number of carbonyl (C=O) groups is 4. The Balaban J connectivity index is 0.000000277. The number of rotatable bonds is 5. The molecule has 1 aliphatic carbocycles. The number of benzene rings is 1. The van der Waals surface area contributed by atoms with Gasteiger partial charge in [-0.05, 0) is 43.9 Å². The Bertz CT molecular complexity index is 744. The SMILES string of the molecule is C[C@@](N)(C(=O)O)c1ccc(C(=O)O)cc1.N[C@@]1(C(=O)O)CC[C@@H](C(=O)O)C1. The van der Waals surface area contributed by atoms with Gasteiger partial charge in [-0.25, -0.2) is 9.59 Å². The Hall–Kier alpha value is -2.98. The molecule has 2 rings (SSSR count). The number of nitrogens with two attached hydrogens (primary N) is 2. The molecule has 3 atom stereocenters. The largest absolute Gasteiger partial charge is 0.481 e. The molecule has 10 heteroatoms. The molecule has 148 valence electrons. The molecular weight excluding hydrogens is 360 g/mol. The fourth-order valence-corrected chi connectivity index (χ4v) is 2.56. The fraction of sp³-hybridized carbons (Fsp3) is 0.412. The summed E-state index contributed by atoms with van der Waals surface area (Å²) in [6, 6.07) is 5.45. The highest BCUT2D eigenvalue weighted by Crippen LogP contribution is 2.32. The van der Waals surface area contributed by atoms with Crippen LogP contribution in [0.2, 0.25) is 0 Å². The lowest BCUT2D eigenvalue weighted by atomic mass is 9.93. The first-order chi connectivity index (χ1) is 12.3. The second kappa shape index (κ2) is 8.14. The van der Waals surface area contributed by atoms with E-state index in [-0.39, 0.29) is 18.4 Å². The van der Waals surface area contributed by atoms with E-state index < -0.39 is 40.9 Å². The summed E-state index contributed by atoms with van der Waals surface area (Å²) < 4.78 is 0. The normalized spacial score (nSPS) is 23.4. The number of hydrogen-bond donors (Lipinski definition) is 6. The summed E-state index contributed by atoms with van der Waals surface area (Å²) in [7, 11) is 0. The third-order valence-corrected chi connectivity index (χ3v) is 4.50. The first kappa shape index (κ1) is 22.1. The van der Waals surface area contributed by atoms with Crippen LogP contribution in [-0.2, 0) is 19.9 Å². The zero-order valence-electron chi connectivity index (χ0n) is 14.6. The molecule has 0 aliphatic heterocycles. The van der Waals surface area contributed by atoms with E-state index in [1.54, 1.807) is 0 Å². The van der Waals surface area contributed by atoms with Gasteiger partial charge in [0.2, 0.25) is 0 Å². The van der Waals surface area contributed by atoms with Crippen LogP contribution < -0.4 is 11.5 Å². The Morgan fingerprint density at radius 1 is 1.07 bits per heavy atom. The number of carboxylic acid groups (broad SMARTS) is 4. The summed E-state index contributed by atoms with van der Waals surface area (Å²) in [4.78, 5) is 42.4. The molecule has 0 aromatic heterocycles. The van der Waals surface area contributed by atoms with Crippen LogP contribution in [0, 0.1) is 5.92 Å². The number of aliphatic carboxylic acids is 3. The van der Waals surface area contributed by atoms with Crippen molar-refractivity contribution in [3.05, 3.63) is 35.4 Å². The minimum absolute atomic E-state index is 0.0394. The molecule has 8 N–H and O–H groups in total. The Labute approximate surface area is 154 Å². The maximum atomic E-state index is 10.8. The molecule has 1 aromatic carbocycles. The van der Waals surface area contributed by atoms with Gasteiger partial charge in [0.15, 0.2) is 0 Å². The van der Waals surface area contributed by atoms with Crippen molar-refractivity contribution in [2.45, 2.75) is 37.3 Å². The predicted octanol–water partition coefficient (Wildman–Crippen LogP) is 0.297. The van der Waals surface area contributed by atoms with E-state index in [9.17, 15) is 19.2 Å². The van der Waals surface area contributed by atoms with Crippen molar-refractivity contribution in [2.24, 2.45) is 17.4 Å². The van der Waals surface area contributed by atoms with Crippen LogP contribution in [0.5, 0.6) is 0 Å². The van der Waals surface area contributed by atoms with Crippen molar-refractivity contribution in [3.8, 4) is 0 Å². The van der Waals surface area contributed by atoms with Gasteiger partial charge in [-0.3, -0.25) is 9.59 Å². The van der Waals surface area contributed by atoms with Crippen molar-refractivity contribution < 1.29 is 39.6 Å². The van der Waals surface area contributed by atoms with E-state index in [1.807, 2.05) is 0 Å². The van der Waals surface area contributed by atoms with Gasteiger partial charge in [0.25, 0.3) is 0 Å². The van der Waals surface area contributed by atoms with Crippen molar-refractivity contribution in [1.82, 2.24) is 0 Å². The van der Waals surface area contributed by atoms with E-state index in [0.29, 0.717) is 12.0 Å². The first-order valence-corrected chi connectivity index (χ1v) is 7.92. The number of carboxylic acids is 4. The molecule has 10 nitrogen and oxygen atoms in total. The molecule has 1 fully saturated rings. The topological polar surface area (TPSA) is 201 Å². The van der Waals surface area contributed by atoms with Gasteiger partial charge in [-0.1, -0.05) is 12.1 Å². The van der Waals surface area contributed by atoms with Crippen LogP contribution >= 0.6 is 0 Å². The molecule has 0 bridgehead atoms. The quantitative estimate of drug-likeness (QED) is 0.411. The third kappa shape index (κ3) is 5.25. The fourth-order valence-electron chi connectivity index (χ4n) is 2.56. The summed E-state index contributed by atoms with van der Waals surface area (Å²) >= 11 is 0. The van der Waals surface area contributed by atoms with Gasteiger partial charge >= 0.3 is 23.9 Å². The second-order valence-electron chi connectivity index (χ2n) is 6.63. The van der Waals surface area contributed by atoms with Crippen LogP contribution in [0.1, 0.15) is 42.1 Å². The monoisotopic (exact) mass is 382 g/mol. The van der Waals surface area contributed by atoms with Crippen LogP contribution in [0.15, 0.2) is 24.3 Å². The molecular formula is C17H22N2O8. The van der Waals surface area contributed by atoms with Gasteiger partial charge in [-0.15, -0.1) is 0 Å². The van der Waals surface area contributed by atoms with E-state index >= 15 is 0 Å². The van der Waals surface area contributed by atoms with E-state index in [0.717, 1.165) is 0 Å². The van der Waals surface area contributed by atoms with Gasteiger partial charge in [-0.2, -0.15) is 0 Å². The Kier molecular flexibility index (Phi) is 6.65. The van der Waals surface area contributed by atoms with Crippen molar-refractivity contribution in [3.63, 3.8) is 0 Å². The predicted molar refractivity (Wildman–Crippen MR) is 92.1 cm³/mol. The van der Waals surface area contributed by atoms with Crippen LogP contribution in [-0.4, -0.2) is 49.8 Å². The van der Waals surface area contributed by atoms with Crippen LogP contribution in [0.25, 0.3) is 0 Å². The standard InChI is InChI=1S/C10H11NO4.C7H11NO4/c1-10(11,9(14)15)7-4-2-6(3-5-7)8(12)13;8-7(6(11)12)2-1-4(3-7)5(9)10/h2-5H,11H2,1H3,(H,12,13)(H,14,15);4H,1-3,8H2,(H,9,10)(H,11,12)/t10-;4-,7+/m01/s1.